The van der Waals surface area contributed by atoms with Gasteiger partial charge >= 0.3 is 6.16 Å². The molecule has 0 N–H and O–H groups in total. The average molecular weight is 541 g/mol. The average Bonchev–Trinajstić information content (AvgIpc) is 3.24. The molecule has 4 aliphatic rings. The van der Waals surface area contributed by atoms with Gasteiger partial charge < -0.3 is 9.47 Å². The largest absolute Gasteiger partial charge is 0.514 e. The molecule has 0 saturated heterocycles. The van der Waals surface area contributed by atoms with E-state index in [4.69, 9.17) is 21.1 Å². The molecule has 38 heavy (non-hydrogen) atoms. The molecular weight excluding hydrogens is 492 g/mol. The van der Waals surface area contributed by atoms with Crippen molar-refractivity contribution in [1.29, 1.82) is 0 Å². The van der Waals surface area contributed by atoms with E-state index in [1.54, 1.807) is 29.8 Å². The number of benzene rings is 1. The third kappa shape index (κ3) is 5.70. The molecule has 0 aromatic heterocycles. The van der Waals surface area contributed by atoms with Crippen LogP contribution in [-0.4, -0.2) is 12.3 Å². The Morgan fingerprint density at radius 1 is 0.947 bits per heavy atom. The molecule has 3 nitrogen and oxygen atoms in total. The summed E-state index contributed by atoms with van der Waals surface area (Å²) in [6, 6.07) is 6.83. The molecule has 7 atom stereocenters. The number of rotatable bonds is 9. The fourth-order valence-electron chi connectivity index (χ4n) is 9.24. The molecule has 0 amide bonds. The minimum atomic E-state index is -0.606. The van der Waals surface area contributed by atoms with Crippen molar-refractivity contribution in [2.45, 2.75) is 123 Å². The van der Waals surface area contributed by atoms with E-state index in [-0.39, 0.29) is 11.5 Å². The maximum absolute atomic E-state index is 12.5. The number of carbonyl (C=O) groups excluding carboxylic acids is 1. The summed E-state index contributed by atoms with van der Waals surface area (Å²) in [6.07, 6.45) is 21.6. The number of fused-ring (bicyclic) bond motifs is 5. The molecule has 0 heterocycles. The van der Waals surface area contributed by atoms with Gasteiger partial charge in [0.15, 0.2) is 0 Å². The Morgan fingerprint density at radius 3 is 2.50 bits per heavy atom. The first kappa shape index (κ1) is 28.1. The van der Waals surface area contributed by atoms with Crippen LogP contribution in [0.15, 0.2) is 35.9 Å². The van der Waals surface area contributed by atoms with Gasteiger partial charge in [-0.2, -0.15) is 0 Å². The molecule has 4 heteroatoms. The number of allylic oxidation sites excluding steroid dienone is 1. The predicted molar refractivity (Wildman–Crippen MR) is 156 cm³/mol. The predicted octanol–water partition coefficient (Wildman–Crippen LogP) is 10.6. The summed E-state index contributed by atoms with van der Waals surface area (Å²) in [5, 5.41) is 0.619. The van der Waals surface area contributed by atoms with Gasteiger partial charge in [-0.25, -0.2) is 4.79 Å². The molecule has 0 bridgehead atoms. The molecule has 7 unspecified atom stereocenters. The zero-order valence-corrected chi connectivity index (χ0v) is 24.7. The minimum Gasteiger partial charge on any atom is -0.430 e. The molecule has 0 spiro atoms. The summed E-state index contributed by atoms with van der Waals surface area (Å²) >= 11 is 5.94. The lowest BCUT2D eigenvalue weighted by atomic mass is 9.47. The number of halogens is 1. The van der Waals surface area contributed by atoms with Crippen LogP contribution in [-0.2, 0) is 4.74 Å². The van der Waals surface area contributed by atoms with E-state index in [1.807, 2.05) is 0 Å². The summed E-state index contributed by atoms with van der Waals surface area (Å²) in [6.45, 7) is 7.50. The van der Waals surface area contributed by atoms with Gasteiger partial charge in [0, 0.05) is 11.4 Å². The first-order valence-corrected chi connectivity index (χ1v) is 16.0. The number of hydrogen-bond donors (Lipinski definition) is 0. The lowest BCUT2D eigenvalue weighted by Crippen LogP contribution is -2.50. The van der Waals surface area contributed by atoms with Crippen molar-refractivity contribution in [2.75, 3.05) is 0 Å². The molecule has 5 rings (SSSR count). The summed E-state index contributed by atoms with van der Waals surface area (Å²) in [5.74, 6) is 3.93. The Balaban J connectivity index is 1.17. The Kier molecular flexibility index (Phi) is 8.82. The van der Waals surface area contributed by atoms with Gasteiger partial charge in [0.1, 0.15) is 11.9 Å². The van der Waals surface area contributed by atoms with Crippen molar-refractivity contribution in [2.24, 2.45) is 34.5 Å². The Bertz CT molecular complexity index is 986. The van der Waals surface area contributed by atoms with Gasteiger partial charge in [0.2, 0.25) is 0 Å². The number of unbranched alkanes of at least 4 members (excludes halogenated alkanes) is 5. The highest BCUT2D eigenvalue weighted by atomic mass is 35.5. The van der Waals surface area contributed by atoms with E-state index < -0.39 is 6.16 Å². The summed E-state index contributed by atoms with van der Waals surface area (Å²) in [7, 11) is 0. The molecule has 3 fully saturated rings. The van der Waals surface area contributed by atoms with Crippen LogP contribution in [0.25, 0.3) is 0 Å². The van der Waals surface area contributed by atoms with Gasteiger partial charge in [-0.1, -0.05) is 82.5 Å². The van der Waals surface area contributed by atoms with Crippen molar-refractivity contribution in [3.8, 4) is 5.75 Å². The highest BCUT2D eigenvalue weighted by Crippen LogP contribution is 2.66. The van der Waals surface area contributed by atoms with E-state index in [9.17, 15) is 4.79 Å². The maximum atomic E-state index is 12.5. The van der Waals surface area contributed by atoms with Gasteiger partial charge in [0.05, 0.1) is 0 Å². The van der Waals surface area contributed by atoms with Crippen molar-refractivity contribution >= 4 is 17.8 Å². The van der Waals surface area contributed by atoms with E-state index in [0.717, 1.165) is 42.9 Å². The number of ether oxygens (including phenoxy) is 2. The van der Waals surface area contributed by atoms with Crippen LogP contribution in [0.4, 0.5) is 4.79 Å². The second-order valence-electron chi connectivity index (χ2n) is 13.4. The highest BCUT2D eigenvalue weighted by molar-refractivity contribution is 6.30. The second kappa shape index (κ2) is 11.9. The highest BCUT2D eigenvalue weighted by Gasteiger charge is 2.58. The summed E-state index contributed by atoms with van der Waals surface area (Å²) in [4.78, 5) is 12.5. The molecule has 3 saturated carbocycles. The third-order valence-electron chi connectivity index (χ3n) is 11.4. The second-order valence-corrected chi connectivity index (χ2v) is 13.9. The fraction of sp³-hybridized carbons (Fsp3) is 0.735. The molecular formula is C34H49ClO3. The van der Waals surface area contributed by atoms with E-state index in [0.29, 0.717) is 16.2 Å². The van der Waals surface area contributed by atoms with Crippen molar-refractivity contribution in [3.05, 3.63) is 40.9 Å². The Hall–Kier alpha value is -1.48. The van der Waals surface area contributed by atoms with Crippen molar-refractivity contribution < 1.29 is 14.3 Å². The van der Waals surface area contributed by atoms with Gasteiger partial charge in [0.25, 0.3) is 0 Å². The zero-order chi connectivity index (χ0) is 26.8. The van der Waals surface area contributed by atoms with Crippen LogP contribution in [0.2, 0.25) is 5.02 Å². The quantitative estimate of drug-likeness (QED) is 0.135. The van der Waals surface area contributed by atoms with Gasteiger partial charge in [-0.15, -0.1) is 0 Å². The minimum absolute atomic E-state index is 0.0901. The first-order valence-electron chi connectivity index (χ1n) is 15.7. The third-order valence-corrected chi connectivity index (χ3v) is 11.7. The van der Waals surface area contributed by atoms with Gasteiger partial charge in [-0.3, -0.25) is 0 Å². The normalized spacial score (nSPS) is 36.0. The van der Waals surface area contributed by atoms with Crippen LogP contribution in [0.1, 0.15) is 117 Å². The smallest absolute Gasteiger partial charge is 0.430 e. The van der Waals surface area contributed by atoms with Gasteiger partial charge in [-0.05, 0) is 110 Å². The standard InChI is InChI=1S/C34H49ClO3/c1-4-5-6-7-8-9-10-24-12-18-30-29-17-11-25-23-28(38-32(36)37-27-15-13-26(35)14-16-27)19-21-34(25,3)31(29)20-22-33(24,30)2/h11,13-16,24,28-31H,4-10,12,17-23H2,1-3H3. The molecule has 1 aromatic rings. The molecule has 210 valence electrons. The SMILES string of the molecule is CCCCCCCCC1CCC2C3CC=C4CC(OC(=O)Oc5ccc(Cl)cc5)CCC4(C)C3CCC12C. The summed E-state index contributed by atoms with van der Waals surface area (Å²) in [5.41, 5.74) is 2.36. The Labute approximate surface area is 236 Å². The van der Waals surface area contributed by atoms with Crippen LogP contribution in [0, 0.1) is 34.5 Å². The Morgan fingerprint density at radius 2 is 1.71 bits per heavy atom. The number of hydrogen-bond acceptors (Lipinski definition) is 3. The molecule has 4 aliphatic carbocycles. The zero-order valence-electron chi connectivity index (χ0n) is 24.0. The molecule has 1 aromatic carbocycles. The number of carbonyl (C=O) groups is 1. The van der Waals surface area contributed by atoms with E-state index in [2.05, 4.69) is 26.8 Å². The van der Waals surface area contributed by atoms with Crippen LogP contribution < -0.4 is 4.74 Å². The fourth-order valence-corrected chi connectivity index (χ4v) is 9.37. The van der Waals surface area contributed by atoms with Crippen molar-refractivity contribution in [3.63, 3.8) is 0 Å². The van der Waals surface area contributed by atoms with E-state index in [1.165, 1.54) is 77.0 Å². The maximum Gasteiger partial charge on any atom is 0.514 e. The van der Waals surface area contributed by atoms with Crippen LogP contribution >= 0.6 is 11.6 Å². The van der Waals surface area contributed by atoms with Crippen LogP contribution in [0.5, 0.6) is 5.75 Å². The lowest BCUT2D eigenvalue weighted by Gasteiger charge is -2.58. The summed E-state index contributed by atoms with van der Waals surface area (Å²) < 4.78 is 11.2. The van der Waals surface area contributed by atoms with Crippen LogP contribution in [0.3, 0.4) is 0 Å². The lowest BCUT2D eigenvalue weighted by molar-refractivity contribution is -0.0538. The molecule has 0 radical (unpaired) electrons. The van der Waals surface area contributed by atoms with E-state index >= 15 is 0 Å². The monoisotopic (exact) mass is 540 g/mol. The topological polar surface area (TPSA) is 35.5 Å². The van der Waals surface area contributed by atoms with Crippen molar-refractivity contribution in [1.82, 2.24) is 0 Å². The first-order chi connectivity index (χ1) is 18.3. The molecule has 0 aliphatic heterocycles.